The Bertz CT molecular complexity index is 1270. The van der Waals surface area contributed by atoms with Crippen molar-refractivity contribution < 1.29 is 22.7 Å². The predicted molar refractivity (Wildman–Crippen MR) is 117 cm³/mol. The molecule has 1 aliphatic rings. The molecule has 4 rings (SSSR count). The van der Waals surface area contributed by atoms with E-state index in [0.29, 0.717) is 5.75 Å². The van der Waals surface area contributed by atoms with Crippen molar-refractivity contribution in [2.75, 3.05) is 32.4 Å². The van der Waals surface area contributed by atoms with Crippen molar-refractivity contribution in [1.82, 2.24) is 29.0 Å². The minimum atomic E-state index is -3.33. The number of hydrogen-bond acceptors (Lipinski definition) is 8. The first-order valence-corrected chi connectivity index (χ1v) is 11.8. The molecule has 0 saturated carbocycles. The Labute approximate surface area is 189 Å². The molecule has 3 aromatic rings. The second-order valence-corrected chi connectivity index (χ2v) is 9.27. The van der Waals surface area contributed by atoms with Gasteiger partial charge >= 0.3 is 6.01 Å². The number of nitrogens with zero attached hydrogens (tertiary/aromatic N) is 6. The quantitative estimate of drug-likeness (QED) is 0.537. The summed E-state index contributed by atoms with van der Waals surface area (Å²) in [6, 6.07) is 9.67. The molecule has 12 nitrogen and oxygen atoms in total. The molecule has 1 aromatic carbocycles. The summed E-state index contributed by atoms with van der Waals surface area (Å²) in [6.45, 7) is 0.717. The van der Waals surface area contributed by atoms with Gasteiger partial charge in [0.25, 0.3) is 11.8 Å². The monoisotopic (exact) mass is 471 g/mol. The summed E-state index contributed by atoms with van der Waals surface area (Å²) < 4.78 is 32.0. The zero-order chi connectivity index (χ0) is 23.6. The SMILES string of the molecule is CS(=O)(=O)N1CCN(C(=O)c2cc(C(N)=O)nc(Oc3ccc(-n4cccn4)cc3)n2)CC1. The van der Waals surface area contributed by atoms with Gasteiger partial charge in [-0.05, 0) is 30.3 Å². The molecular weight excluding hydrogens is 450 g/mol. The molecule has 0 radical (unpaired) electrons. The highest BCUT2D eigenvalue weighted by atomic mass is 32.2. The zero-order valence-corrected chi connectivity index (χ0v) is 18.5. The Morgan fingerprint density at radius 2 is 1.70 bits per heavy atom. The van der Waals surface area contributed by atoms with Crippen molar-refractivity contribution >= 4 is 21.8 Å². The van der Waals surface area contributed by atoms with E-state index >= 15 is 0 Å². The lowest BCUT2D eigenvalue weighted by atomic mass is 10.2. The first-order valence-electron chi connectivity index (χ1n) is 9.92. The number of amides is 2. The molecule has 0 unspecified atom stereocenters. The molecule has 2 N–H and O–H groups in total. The lowest BCUT2D eigenvalue weighted by Crippen LogP contribution is -2.50. The number of carbonyl (C=O) groups is 2. The van der Waals surface area contributed by atoms with Gasteiger partial charge in [0.1, 0.15) is 17.1 Å². The maximum atomic E-state index is 13.0. The Hall–Kier alpha value is -3.84. The van der Waals surface area contributed by atoms with Crippen LogP contribution in [0.15, 0.2) is 48.8 Å². The number of carbonyl (C=O) groups excluding carboxylic acids is 2. The van der Waals surface area contributed by atoms with Crippen molar-refractivity contribution in [2.45, 2.75) is 0 Å². The molecule has 2 aromatic heterocycles. The van der Waals surface area contributed by atoms with Crippen LogP contribution in [0.25, 0.3) is 5.69 Å². The van der Waals surface area contributed by atoms with Crippen LogP contribution in [0.4, 0.5) is 0 Å². The first-order chi connectivity index (χ1) is 15.7. The summed E-state index contributed by atoms with van der Waals surface area (Å²) in [7, 11) is -3.33. The summed E-state index contributed by atoms with van der Waals surface area (Å²) in [4.78, 5) is 34.3. The third-order valence-corrected chi connectivity index (χ3v) is 6.29. The van der Waals surface area contributed by atoms with Crippen molar-refractivity contribution in [1.29, 1.82) is 0 Å². The van der Waals surface area contributed by atoms with E-state index in [4.69, 9.17) is 10.5 Å². The molecule has 0 aliphatic carbocycles. The van der Waals surface area contributed by atoms with Crippen LogP contribution in [0, 0.1) is 0 Å². The van der Waals surface area contributed by atoms with Crippen molar-refractivity contribution in [3.8, 4) is 17.4 Å². The molecule has 172 valence electrons. The van der Waals surface area contributed by atoms with Crippen molar-refractivity contribution in [3.05, 3.63) is 60.2 Å². The fraction of sp³-hybridized carbons (Fsp3) is 0.250. The fourth-order valence-corrected chi connectivity index (χ4v) is 4.11. The lowest BCUT2D eigenvalue weighted by Gasteiger charge is -2.33. The number of sulfonamides is 1. The van der Waals surface area contributed by atoms with E-state index in [9.17, 15) is 18.0 Å². The molecule has 0 bridgehead atoms. The fourth-order valence-electron chi connectivity index (χ4n) is 3.29. The zero-order valence-electron chi connectivity index (χ0n) is 17.7. The summed E-state index contributed by atoms with van der Waals surface area (Å²) in [5.41, 5.74) is 5.93. The Morgan fingerprint density at radius 3 is 2.27 bits per heavy atom. The van der Waals surface area contributed by atoms with Gasteiger partial charge in [0.05, 0.1) is 11.9 Å². The molecular formula is C20H21N7O5S. The van der Waals surface area contributed by atoms with Gasteiger partial charge in [-0.1, -0.05) is 0 Å². The van der Waals surface area contributed by atoms with Gasteiger partial charge in [0.15, 0.2) is 0 Å². The topological polar surface area (TPSA) is 154 Å². The van der Waals surface area contributed by atoms with Crippen LogP contribution in [0.1, 0.15) is 21.0 Å². The number of nitrogens with two attached hydrogens (primary N) is 1. The van der Waals surface area contributed by atoms with E-state index in [1.807, 2.05) is 0 Å². The van der Waals surface area contributed by atoms with Crippen molar-refractivity contribution in [3.63, 3.8) is 0 Å². The highest BCUT2D eigenvalue weighted by molar-refractivity contribution is 7.88. The van der Waals surface area contributed by atoms with Crippen LogP contribution in [0.3, 0.4) is 0 Å². The molecule has 2 amide bonds. The average Bonchev–Trinajstić information content (AvgIpc) is 3.33. The standard InChI is InChI=1S/C20H21N7O5S/c1-33(30,31)26-11-9-25(10-12-26)19(29)17-13-16(18(21)28)23-20(24-17)32-15-5-3-14(4-6-15)27-8-2-7-22-27/h2-8,13H,9-12H2,1H3,(H2,21,28). The summed E-state index contributed by atoms with van der Waals surface area (Å²) >= 11 is 0. The van der Waals surface area contributed by atoms with E-state index in [2.05, 4.69) is 15.1 Å². The average molecular weight is 471 g/mol. The van der Waals surface area contributed by atoms with Crippen LogP contribution in [0.2, 0.25) is 0 Å². The van der Waals surface area contributed by atoms with E-state index in [-0.39, 0.29) is 43.6 Å². The number of benzene rings is 1. The highest BCUT2D eigenvalue weighted by Crippen LogP contribution is 2.21. The van der Waals surface area contributed by atoms with Gasteiger partial charge in [-0.15, -0.1) is 0 Å². The van der Waals surface area contributed by atoms with Crippen LogP contribution < -0.4 is 10.5 Å². The second kappa shape index (κ2) is 8.96. The number of aromatic nitrogens is 4. The van der Waals surface area contributed by atoms with Crippen LogP contribution in [0.5, 0.6) is 11.8 Å². The number of piperazine rings is 1. The third kappa shape index (κ3) is 5.15. The molecule has 1 saturated heterocycles. The number of rotatable bonds is 6. The van der Waals surface area contributed by atoms with Crippen molar-refractivity contribution in [2.24, 2.45) is 5.73 Å². The Morgan fingerprint density at radius 1 is 1.03 bits per heavy atom. The predicted octanol–water partition coefficient (Wildman–Crippen LogP) is 0.271. The van der Waals surface area contributed by atoms with E-state index < -0.39 is 21.8 Å². The van der Waals surface area contributed by atoms with E-state index in [0.717, 1.165) is 11.9 Å². The van der Waals surface area contributed by atoms with Gasteiger partial charge in [0, 0.05) is 44.6 Å². The number of ether oxygens (including phenoxy) is 1. The molecule has 3 heterocycles. The minimum absolute atomic E-state index is 0.0743. The molecule has 1 aliphatic heterocycles. The minimum Gasteiger partial charge on any atom is -0.424 e. The van der Waals surface area contributed by atoms with Gasteiger partial charge in [0.2, 0.25) is 10.0 Å². The van der Waals surface area contributed by atoms with Crippen LogP contribution in [-0.2, 0) is 10.0 Å². The maximum Gasteiger partial charge on any atom is 0.323 e. The van der Waals surface area contributed by atoms with Gasteiger partial charge in [-0.25, -0.2) is 13.1 Å². The van der Waals surface area contributed by atoms with E-state index in [1.165, 1.54) is 15.3 Å². The van der Waals surface area contributed by atoms with E-state index in [1.54, 1.807) is 47.4 Å². The largest absolute Gasteiger partial charge is 0.424 e. The smallest absolute Gasteiger partial charge is 0.323 e. The first kappa shape index (κ1) is 22.4. The maximum absolute atomic E-state index is 13.0. The number of primary amides is 1. The molecule has 13 heteroatoms. The Balaban J connectivity index is 1.53. The van der Waals surface area contributed by atoms with Crippen LogP contribution >= 0.6 is 0 Å². The summed E-state index contributed by atoms with van der Waals surface area (Å²) in [5, 5.41) is 4.15. The molecule has 1 fully saturated rings. The lowest BCUT2D eigenvalue weighted by molar-refractivity contribution is 0.0691. The summed E-state index contributed by atoms with van der Waals surface area (Å²) in [5.74, 6) is -0.938. The molecule has 0 atom stereocenters. The third-order valence-electron chi connectivity index (χ3n) is 4.99. The highest BCUT2D eigenvalue weighted by Gasteiger charge is 2.28. The van der Waals surface area contributed by atoms with Gasteiger partial charge < -0.3 is 15.4 Å². The summed E-state index contributed by atoms with van der Waals surface area (Å²) in [6.07, 6.45) is 4.58. The Kier molecular flexibility index (Phi) is 6.07. The van der Waals surface area contributed by atoms with Gasteiger partial charge in [-0.3, -0.25) is 9.59 Å². The molecule has 0 spiro atoms. The second-order valence-electron chi connectivity index (χ2n) is 7.29. The molecule has 33 heavy (non-hydrogen) atoms. The van der Waals surface area contributed by atoms with Crippen LogP contribution in [-0.4, -0.2) is 81.6 Å². The number of hydrogen-bond donors (Lipinski definition) is 1. The van der Waals surface area contributed by atoms with Gasteiger partial charge in [-0.2, -0.15) is 19.4 Å². The normalized spacial score (nSPS) is 14.8.